The zero-order chi connectivity index (χ0) is 14.2. The highest BCUT2D eigenvalue weighted by molar-refractivity contribution is 5.84. The number of hydrogen-bond donors (Lipinski definition) is 0. The van der Waals surface area contributed by atoms with Gasteiger partial charge in [0.1, 0.15) is 0 Å². The molecule has 0 saturated carbocycles. The van der Waals surface area contributed by atoms with Crippen LogP contribution < -0.4 is 0 Å². The van der Waals surface area contributed by atoms with Crippen LogP contribution >= 0.6 is 0 Å². The third-order valence-electron chi connectivity index (χ3n) is 3.55. The van der Waals surface area contributed by atoms with Crippen LogP contribution in [0, 0.1) is 25.2 Å². The molecule has 1 aromatic carbocycles. The maximum atomic E-state index is 9.03. The lowest BCUT2D eigenvalue weighted by atomic mass is 9.89. The van der Waals surface area contributed by atoms with Crippen molar-refractivity contribution >= 4 is 10.9 Å². The number of aryl methyl sites for hydroxylation is 2. The molecule has 1 aromatic heterocycles. The van der Waals surface area contributed by atoms with Gasteiger partial charge in [-0.1, -0.05) is 20.8 Å². The van der Waals surface area contributed by atoms with Gasteiger partial charge in [-0.3, -0.25) is 4.98 Å². The number of nitriles is 1. The lowest BCUT2D eigenvalue weighted by Crippen LogP contribution is -2.14. The molecule has 98 valence electrons. The number of nitrogens with zero attached hydrogens (tertiary/aromatic N) is 2. The number of aromatic nitrogens is 1. The lowest BCUT2D eigenvalue weighted by Gasteiger charge is -2.20. The van der Waals surface area contributed by atoms with Crippen molar-refractivity contribution in [1.29, 1.82) is 5.26 Å². The second-order valence-electron chi connectivity index (χ2n) is 6.21. The summed E-state index contributed by atoms with van der Waals surface area (Å²) in [5.74, 6) is 0. The first-order valence-corrected chi connectivity index (χ1v) is 6.61. The number of rotatable bonds is 1. The Hall–Kier alpha value is -1.88. The quantitative estimate of drug-likeness (QED) is 0.762. The topological polar surface area (TPSA) is 36.7 Å². The fourth-order valence-electron chi connectivity index (χ4n) is 2.17. The molecule has 0 unspecified atom stereocenters. The van der Waals surface area contributed by atoms with Gasteiger partial charge in [-0.2, -0.15) is 5.26 Å². The molecule has 0 spiro atoms. The monoisotopic (exact) mass is 252 g/mol. The van der Waals surface area contributed by atoms with Gasteiger partial charge in [-0.05, 0) is 48.7 Å². The van der Waals surface area contributed by atoms with Gasteiger partial charge in [0.25, 0.3) is 0 Å². The normalized spacial score (nSPS) is 11.6. The summed E-state index contributed by atoms with van der Waals surface area (Å²) >= 11 is 0. The van der Waals surface area contributed by atoms with E-state index in [-0.39, 0.29) is 5.41 Å². The second kappa shape index (κ2) is 4.66. The van der Waals surface area contributed by atoms with Gasteiger partial charge >= 0.3 is 0 Å². The van der Waals surface area contributed by atoms with Crippen LogP contribution in [0.2, 0.25) is 0 Å². The molecule has 0 amide bonds. The minimum absolute atomic E-state index is 0.00279. The van der Waals surface area contributed by atoms with E-state index in [9.17, 15) is 0 Å². The predicted octanol–water partition coefficient (Wildman–Crippen LogP) is 4.22. The van der Waals surface area contributed by atoms with Crippen LogP contribution in [0.1, 0.15) is 43.2 Å². The van der Waals surface area contributed by atoms with Gasteiger partial charge in [0.05, 0.1) is 18.0 Å². The second-order valence-corrected chi connectivity index (χ2v) is 6.21. The first-order valence-electron chi connectivity index (χ1n) is 6.61. The Kier molecular flexibility index (Phi) is 3.32. The number of benzene rings is 1. The average Bonchev–Trinajstić information content (AvgIpc) is 2.30. The molecular weight excluding hydrogens is 232 g/mol. The molecule has 0 saturated heterocycles. The molecule has 0 atom stereocenters. The first-order chi connectivity index (χ1) is 8.82. The van der Waals surface area contributed by atoms with Crippen LogP contribution in [0.4, 0.5) is 0 Å². The average molecular weight is 252 g/mol. The summed E-state index contributed by atoms with van der Waals surface area (Å²) < 4.78 is 0. The molecule has 0 fully saturated rings. The fourth-order valence-corrected chi connectivity index (χ4v) is 2.17. The largest absolute Gasteiger partial charge is 0.252 e. The van der Waals surface area contributed by atoms with E-state index >= 15 is 0 Å². The molecule has 2 heteroatoms. The zero-order valence-electron chi connectivity index (χ0n) is 12.3. The van der Waals surface area contributed by atoms with Gasteiger partial charge in [-0.15, -0.1) is 0 Å². The van der Waals surface area contributed by atoms with E-state index in [1.807, 2.05) is 0 Å². The molecule has 2 nitrogen and oxygen atoms in total. The van der Waals surface area contributed by atoms with Crippen LogP contribution in [0.5, 0.6) is 0 Å². The zero-order valence-corrected chi connectivity index (χ0v) is 12.3. The SMILES string of the molecule is Cc1cc2nc(C(C)(C)C)cc(CC#N)c2cc1C. The van der Waals surface area contributed by atoms with E-state index in [4.69, 9.17) is 10.2 Å². The Labute approximate surface area is 115 Å². The lowest BCUT2D eigenvalue weighted by molar-refractivity contribution is 0.571. The van der Waals surface area contributed by atoms with E-state index in [0.29, 0.717) is 6.42 Å². The van der Waals surface area contributed by atoms with Crippen LogP contribution in [0.25, 0.3) is 10.9 Å². The van der Waals surface area contributed by atoms with E-state index < -0.39 is 0 Å². The minimum atomic E-state index is -0.00279. The van der Waals surface area contributed by atoms with Crippen LogP contribution in [-0.2, 0) is 11.8 Å². The molecule has 0 aliphatic carbocycles. The van der Waals surface area contributed by atoms with E-state index in [1.165, 1.54) is 11.1 Å². The Morgan fingerprint density at radius 1 is 1.11 bits per heavy atom. The Balaban J connectivity index is 2.80. The van der Waals surface area contributed by atoms with Gasteiger partial charge in [0.15, 0.2) is 0 Å². The van der Waals surface area contributed by atoms with Crippen molar-refractivity contribution < 1.29 is 0 Å². The molecule has 0 radical (unpaired) electrons. The van der Waals surface area contributed by atoms with Crippen molar-refractivity contribution in [3.05, 3.63) is 40.6 Å². The molecule has 0 N–H and O–H groups in total. The summed E-state index contributed by atoms with van der Waals surface area (Å²) in [6.45, 7) is 10.7. The van der Waals surface area contributed by atoms with Crippen molar-refractivity contribution in [2.45, 2.75) is 46.5 Å². The van der Waals surface area contributed by atoms with Crippen LogP contribution in [0.15, 0.2) is 18.2 Å². The van der Waals surface area contributed by atoms with Crippen molar-refractivity contribution in [3.8, 4) is 6.07 Å². The molecule has 2 rings (SSSR count). The first kappa shape index (κ1) is 13.5. The Bertz CT molecular complexity index is 670. The van der Waals surface area contributed by atoms with Crippen molar-refractivity contribution in [1.82, 2.24) is 4.98 Å². The number of fused-ring (bicyclic) bond motifs is 1. The van der Waals surface area contributed by atoms with E-state index in [1.54, 1.807) is 0 Å². The standard InChI is InChI=1S/C17H20N2/c1-11-8-14-13(6-7-18)10-16(17(3,4)5)19-15(14)9-12(11)2/h8-10H,6H2,1-5H3. The summed E-state index contributed by atoms with van der Waals surface area (Å²) in [5, 5.41) is 10.1. The number of hydrogen-bond acceptors (Lipinski definition) is 2. The highest BCUT2D eigenvalue weighted by Gasteiger charge is 2.18. The van der Waals surface area contributed by atoms with Gasteiger partial charge in [0.2, 0.25) is 0 Å². The van der Waals surface area contributed by atoms with Crippen LogP contribution in [-0.4, -0.2) is 4.98 Å². The van der Waals surface area contributed by atoms with Crippen molar-refractivity contribution in [3.63, 3.8) is 0 Å². The fraction of sp³-hybridized carbons (Fsp3) is 0.412. The smallest absolute Gasteiger partial charge is 0.0711 e. The van der Waals surface area contributed by atoms with Gasteiger partial charge < -0.3 is 0 Å². The maximum Gasteiger partial charge on any atom is 0.0711 e. The molecule has 0 bridgehead atoms. The predicted molar refractivity (Wildman–Crippen MR) is 79.2 cm³/mol. The van der Waals surface area contributed by atoms with E-state index in [0.717, 1.165) is 22.2 Å². The third-order valence-corrected chi connectivity index (χ3v) is 3.55. The highest BCUT2D eigenvalue weighted by atomic mass is 14.7. The van der Waals surface area contributed by atoms with Crippen molar-refractivity contribution in [2.75, 3.05) is 0 Å². The molecule has 0 aliphatic rings. The number of pyridine rings is 1. The molecule has 2 aromatic rings. The van der Waals surface area contributed by atoms with Crippen molar-refractivity contribution in [2.24, 2.45) is 0 Å². The van der Waals surface area contributed by atoms with Gasteiger partial charge in [-0.25, -0.2) is 0 Å². The third kappa shape index (κ3) is 2.61. The summed E-state index contributed by atoms with van der Waals surface area (Å²) in [5.41, 5.74) is 5.62. The molecule has 1 heterocycles. The summed E-state index contributed by atoms with van der Waals surface area (Å²) in [7, 11) is 0. The minimum Gasteiger partial charge on any atom is -0.252 e. The summed E-state index contributed by atoms with van der Waals surface area (Å²) in [6.07, 6.45) is 0.435. The molecule has 19 heavy (non-hydrogen) atoms. The molecular formula is C17H20N2. The maximum absolute atomic E-state index is 9.03. The van der Waals surface area contributed by atoms with E-state index in [2.05, 4.69) is 58.9 Å². The Morgan fingerprint density at radius 2 is 1.74 bits per heavy atom. The summed E-state index contributed by atoms with van der Waals surface area (Å²) in [4.78, 5) is 4.78. The highest BCUT2D eigenvalue weighted by Crippen LogP contribution is 2.28. The Morgan fingerprint density at radius 3 is 2.32 bits per heavy atom. The van der Waals surface area contributed by atoms with Gasteiger partial charge in [0, 0.05) is 16.5 Å². The molecule has 0 aliphatic heterocycles. The van der Waals surface area contributed by atoms with Crippen LogP contribution in [0.3, 0.4) is 0 Å². The summed E-state index contributed by atoms with van der Waals surface area (Å²) in [6, 6.07) is 8.62.